The van der Waals surface area contributed by atoms with Crippen LogP contribution < -0.4 is 11.1 Å². The van der Waals surface area contributed by atoms with Crippen molar-refractivity contribution in [3.8, 4) is 0 Å². The highest BCUT2D eigenvalue weighted by atomic mass is 14.9. The molecule has 0 amide bonds. The molecule has 1 aliphatic carbocycles. The largest absolute Gasteiger partial charge is 0.384 e. The van der Waals surface area contributed by atoms with Gasteiger partial charge >= 0.3 is 0 Å². The Labute approximate surface area is 99.3 Å². The Morgan fingerprint density at radius 1 is 1.31 bits per heavy atom. The second-order valence-corrected chi connectivity index (χ2v) is 4.42. The monoisotopic (exact) mass is 220 g/mol. The Kier molecular flexibility index (Phi) is 5.33. The zero-order valence-corrected chi connectivity index (χ0v) is 10.6. The van der Waals surface area contributed by atoms with Crippen molar-refractivity contribution in [2.45, 2.75) is 32.7 Å². The third-order valence-electron chi connectivity index (χ3n) is 3.31. The molecule has 2 unspecified atom stereocenters. The Balaban J connectivity index is 0.000000606. The topological polar surface area (TPSA) is 38.0 Å². The summed E-state index contributed by atoms with van der Waals surface area (Å²) in [5.74, 6) is 1.43. The Hall–Kier alpha value is -1.02. The Morgan fingerprint density at radius 2 is 2.00 bits per heavy atom. The maximum absolute atomic E-state index is 4.50. The fraction of sp³-hybridized carbons (Fsp3) is 0.571. The molecule has 0 bridgehead atoms. The van der Waals surface area contributed by atoms with E-state index < -0.39 is 0 Å². The normalized spacial score (nSPS) is 27.4. The lowest BCUT2D eigenvalue weighted by Gasteiger charge is -2.20. The maximum atomic E-state index is 4.50. The molecule has 16 heavy (non-hydrogen) atoms. The molecule has 3 atom stereocenters. The molecule has 90 valence electrons. The molecule has 0 saturated carbocycles. The Morgan fingerprint density at radius 3 is 2.69 bits per heavy atom. The van der Waals surface area contributed by atoms with Gasteiger partial charge in [-0.15, -0.1) is 0 Å². The van der Waals surface area contributed by atoms with E-state index in [2.05, 4.69) is 55.4 Å². The second kappa shape index (κ2) is 6.54. The predicted octanol–water partition coefficient (Wildman–Crippen LogP) is 2.60. The molecule has 2 nitrogen and oxygen atoms in total. The number of hydrogen-bond donors (Lipinski definition) is 2. The smallest absolute Gasteiger partial charge is 0.0542 e. The van der Waals surface area contributed by atoms with Crippen molar-refractivity contribution in [2.75, 3.05) is 7.05 Å². The van der Waals surface area contributed by atoms with Crippen LogP contribution in [0.15, 0.2) is 36.1 Å². The summed E-state index contributed by atoms with van der Waals surface area (Å²) in [5, 5.41) is 3.44. The number of rotatable bonds is 3. The summed E-state index contributed by atoms with van der Waals surface area (Å²) in [6.07, 6.45) is 13.6. The average Bonchev–Trinajstić information content (AvgIpc) is 2.75. The predicted molar refractivity (Wildman–Crippen MR) is 71.0 cm³/mol. The van der Waals surface area contributed by atoms with Gasteiger partial charge in [0.15, 0.2) is 0 Å². The van der Waals surface area contributed by atoms with Crippen LogP contribution in [0.25, 0.3) is 0 Å². The summed E-state index contributed by atoms with van der Waals surface area (Å²) in [4.78, 5) is 0. The molecule has 1 heterocycles. The molecule has 3 N–H and O–H groups in total. The van der Waals surface area contributed by atoms with E-state index in [1.165, 1.54) is 19.9 Å². The molecular weight excluding hydrogens is 196 g/mol. The number of nitrogens with one attached hydrogen (secondary N) is 1. The fourth-order valence-corrected chi connectivity index (χ4v) is 2.16. The van der Waals surface area contributed by atoms with Crippen LogP contribution in [0, 0.1) is 11.8 Å². The zero-order chi connectivity index (χ0) is 12.0. The quantitative estimate of drug-likeness (QED) is 0.767. The lowest BCUT2D eigenvalue weighted by Crippen LogP contribution is -2.25. The summed E-state index contributed by atoms with van der Waals surface area (Å²) in [6.45, 7) is 4.60. The zero-order valence-electron chi connectivity index (χ0n) is 10.6. The fourth-order valence-electron chi connectivity index (χ4n) is 2.16. The molecule has 0 saturated heterocycles. The molecule has 0 aromatic carbocycles. The van der Waals surface area contributed by atoms with Gasteiger partial charge in [0.25, 0.3) is 0 Å². The van der Waals surface area contributed by atoms with Gasteiger partial charge in [0.2, 0.25) is 0 Å². The van der Waals surface area contributed by atoms with Crippen molar-refractivity contribution in [3.05, 3.63) is 36.1 Å². The van der Waals surface area contributed by atoms with Crippen LogP contribution >= 0.6 is 0 Å². The molecular formula is C14H24N2. The molecule has 0 spiro atoms. The summed E-state index contributed by atoms with van der Waals surface area (Å²) in [7, 11) is 1.50. The molecule has 0 radical (unpaired) electrons. The lowest BCUT2D eigenvalue weighted by molar-refractivity contribution is 0.523. The highest BCUT2D eigenvalue weighted by molar-refractivity contribution is 5.31. The first-order valence-electron chi connectivity index (χ1n) is 6.19. The van der Waals surface area contributed by atoms with Crippen LogP contribution in [0.4, 0.5) is 0 Å². The van der Waals surface area contributed by atoms with Crippen molar-refractivity contribution >= 4 is 0 Å². The van der Waals surface area contributed by atoms with Gasteiger partial charge in [-0.3, -0.25) is 0 Å². The van der Waals surface area contributed by atoms with Crippen LogP contribution in [0.5, 0.6) is 0 Å². The van der Waals surface area contributed by atoms with Crippen LogP contribution in [-0.4, -0.2) is 13.1 Å². The molecule has 2 heteroatoms. The summed E-state index contributed by atoms with van der Waals surface area (Å²) < 4.78 is 0. The Bertz CT molecular complexity index is 289. The van der Waals surface area contributed by atoms with Crippen LogP contribution in [0.1, 0.15) is 26.7 Å². The van der Waals surface area contributed by atoms with Crippen LogP contribution in [-0.2, 0) is 0 Å². The minimum absolute atomic E-state index is 0.527. The first-order chi connectivity index (χ1) is 7.81. The van der Waals surface area contributed by atoms with Crippen LogP contribution in [0.3, 0.4) is 0 Å². The molecule has 2 rings (SSSR count). The van der Waals surface area contributed by atoms with Crippen LogP contribution in [0.2, 0.25) is 0 Å². The van der Waals surface area contributed by atoms with Gasteiger partial charge in [0.1, 0.15) is 0 Å². The van der Waals surface area contributed by atoms with E-state index in [4.69, 9.17) is 0 Å². The van der Waals surface area contributed by atoms with E-state index in [-0.39, 0.29) is 0 Å². The van der Waals surface area contributed by atoms with Crippen molar-refractivity contribution in [1.29, 1.82) is 0 Å². The van der Waals surface area contributed by atoms with Gasteiger partial charge in [0.05, 0.1) is 6.04 Å². The molecule has 1 aliphatic heterocycles. The van der Waals surface area contributed by atoms with E-state index in [0.717, 1.165) is 5.92 Å². The highest BCUT2D eigenvalue weighted by Crippen LogP contribution is 2.31. The lowest BCUT2D eigenvalue weighted by atomic mass is 9.86. The minimum atomic E-state index is 0.527. The molecule has 0 aromatic rings. The van der Waals surface area contributed by atoms with Crippen molar-refractivity contribution in [2.24, 2.45) is 17.6 Å². The summed E-state index contributed by atoms with van der Waals surface area (Å²) in [6, 6.07) is 0.527. The highest BCUT2D eigenvalue weighted by Gasteiger charge is 2.26. The molecule has 2 aliphatic rings. The van der Waals surface area contributed by atoms with E-state index >= 15 is 0 Å². The molecule has 0 fully saturated rings. The number of hydrogen-bond acceptors (Lipinski definition) is 2. The van der Waals surface area contributed by atoms with Gasteiger partial charge in [-0.25, -0.2) is 0 Å². The van der Waals surface area contributed by atoms with E-state index in [0.29, 0.717) is 12.0 Å². The van der Waals surface area contributed by atoms with Crippen molar-refractivity contribution < 1.29 is 0 Å². The van der Waals surface area contributed by atoms with Gasteiger partial charge in [-0.2, -0.15) is 0 Å². The second-order valence-electron chi connectivity index (χ2n) is 4.42. The first kappa shape index (κ1) is 13.0. The summed E-state index contributed by atoms with van der Waals surface area (Å²) >= 11 is 0. The first-order valence-corrected chi connectivity index (χ1v) is 6.19. The number of fused-ring (bicyclic) bond motifs is 1. The van der Waals surface area contributed by atoms with E-state index in [9.17, 15) is 0 Å². The number of allylic oxidation sites excluding steroid dienone is 2. The van der Waals surface area contributed by atoms with Crippen molar-refractivity contribution in [3.63, 3.8) is 0 Å². The van der Waals surface area contributed by atoms with E-state index in [1.807, 2.05) is 0 Å². The average molecular weight is 220 g/mol. The van der Waals surface area contributed by atoms with Gasteiger partial charge < -0.3 is 11.1 Å². The SMILES string of the molecule is CC[C@H](C)CC1=CNC2C=CC=CC12.CN. The summed E-state index contributed by atoms with van der Waals surface area (Å²) in [5.41, 5.74) is 6.07. The van der Waals surface area contributed by atoms with E-state index in [1.54, 1.807) is 5.57 Å². The van der Waals surface area contributed by atoms with Gasteiger partial charge in [-0.1, -0.05) is 44.6 Å². The maximum Gasteiger partial charge on any atom is 0.0542 e. The van der Waals surface area contributed by atoms with Gasteiger partial charge in [0, 0.05) is 5.92 Å². The number of nitrogens with two attached hydrogens (primary N) is 1. The molecule has 0 aromatic heterocycles. The third kappa shape index (κ3) is 2.99. The van der Waals surface area contributed by atoms with Crippen molar-refractivity contribution in [1.82, 2.24) is 5.32 Å². The minimum Gasteiger partial charge on any atom is -0.384 e. The third-order valence-corrected chi connectivity index (χ3v) is 3.31. The standard InChI is InChI=1S/C13H19N.CH5N/c1-3-10(2)8-11-9-14-13-7-5-4-6-12(11)13;1-2/h4-7,9-10,12-14H,3,8H2,1-2H3;2H2,1H3/t10-,12?,13?;/m0./s1. The van der Waals surface area contributed by atoms with Gasteiger partial charge in [-0.05, 0) is 31.2 Å².